The number of nitrogens with one attached hydrogen (secondary N) is 2. The van der Waals surface area contributed by atoms with Gasteiger partial charge in [0.1, 0.15) is 0 Å². The number of hydrogen-bond acceptors (Lipinski definition) is 5. The molecule has 1 unspecified atom stereocenters. The Labute approximate surface area is 174 Å². The van der Waals surface area contributed by atoms with E-state index in [1.54, 1.807) is 30.6 Å². The summed E-state index contributed by atoms with van der Waals surface area (Å²) in [6.07, 6.45) is 4.14. The van der Waals surface area contributed by atoms with E-state index in [0.717, 1.165) is 36.5 Å². The van der Waals surface area contributed by atoms with Crippen LogP contribution in [-0.4, -0.2) is 41.7 Å². The topological polar surface area (TPSA) is 76.1 Å². The summed E-state index contributed by atoms with van der Waals surface area (Å²) in [6.45, 7) is 2.42. The summed E-state index contributed by atoms with van der Waals surface area (Å²) < 4.78 is 5.70. The smallest absolute Gasteiger partial charge is 0.257 e. The third-order valence-electron chi connectivity index (χ3n) is 4.69. The van der Waals surface area contributed by atoms with Crippen molar-refractivity contribution >= 4 is 23.2 Å². The zero-order chi connectivity index (χ0) is 20.1. The number of rotatable bonds is 5. The monoisotopic (exact) mass is 408 g/mol. The number of pyridine rings is 2. The van der Waals surface area contributed by atoms with Gasteiger partial charge >= 0.3 is 0 Å². The first-order chi connectivity index (χ1) is 14.2. The maximum Gasteiger partial charge on any atom is 0.257 e. The van der Waals surface area contributed by atoms with Crippen LogP contribution in [0.1, 0.15) is 16.1 Å². The van der Waals surface area contributed by atoms with Gasteiger partial charge in [0.15, 0.2) is 0 Å². The number of hydrogen-bond donors (Lipinski definition) is 2. The van der Waals surface area contributed by atoms with Crippen molar-refractivity contribution in [3.05, 3.63) is 77.2 Å². The van der Waals surface area contributed by atoms with Crippen LogP contribution in [0.3, 0.4) is 0 Å². The molecular weight excluding hydrogens is 388 g/mol. The molecule has 7 heteroatoms. The molecule has 3 heterocycles. The van der Waals surface area contributed by atoms with Crippen LogP contribution >= 0.6 is 11.6 Å². The van der Waals surface area contributed by atoms with Crippen molar-refractivity contribution < 1.29 is 9.53 Å². The fourth-order valence-corrected chi connectivity index (χ4v) is 3.40. The van der Waals surface area contributed by atoms with E-state index in [1.807, 2.05) is 30.3 Å². The fraction of sp³-hybridized carbons (Fsp3) is 0.227. The second-order valence-corrected chi connectivity index (χ2v) is 7.21. The molecule has 1 aliphatic rings. The summed E-state index contributed by atoms with van der Waals surface area (Å²) in [7, 11) is 0. The highest BCUT2D eigenvalue weighted by Crippen LogP contribution is 2.29. The van der Waals surface area contributed by atoms with Crippen LogP contribution in [0, 0.1) is 0 Å². The number of aromatic nitrogens is 2. The van der Waals surface area contributed by atoms with E-state index in [2.05, 4.69) is 20.6 Å². The van der Waals surface area contributed by atoms with E-state index < -0.39 is 0 Å². The van der Waals surface area contributed by atoms with Crippen LogP contribution in [0.25, 0.3) is 11.3 Å². The number of ether oxygens (including phenoxy) is 1. The van der Waals surface area contributed by atoms with Crippen molar-refractivity contribution in [2.45, 2.75) is 12.5 Å². The van der Waals surface area contributed by atoms with Crippen LogP contribution in [0.5, 0.6) is 0 Å². The Morgan fingerprint density at radius 1 is 1.21 bits per heavy atom. The molecule has 1 aliphatic heterocycles. The Balaban J connectivity index is 1.44. The van der Waals surface area contributed by atoms with Gasteiger partial charge < -0.3 is 15.4 Å². The summed E-state index contributed by atoms with van der Waals surface area (Å²) in [6, 6.07) is 14.6. The van der Waals surface area contributed by atoms with Crippen molar-refractivity contribution in [1.82, 2.24) is 15.3 Å². The molecule has 6 nitrogen and oxygen atoms in total. The van der Waals surface area contributed by atoms with Crippen molar-refractivity contribution in [2.75, 3.05) is 25.0 Å². The molecule has 1 aromatic carbocycles. The molecule has 1 atom stereocenters. The van der Waals surface area contributed by atoms with Gasteiger partial charge in [-0.3, -0.25) is 14.8 Å². The zero-order valence-electron chi connectivity index (χ0n) is 15.8. The maximum atomic E-state index is 12.6. The molecule has 148 valence electrons. The Hall–Kier alpha value is -2.80. The Bertz CT molecular complexity index is 974. The van der Waals surface area contributed by atoms with Crippen molar-refractivity contribution in [3.63, 3.8) is 0 Å². The largest absolute Gasteiger partial charge is 0.375 e. The highest BCUT2D eigenvalue weighted by atomic mass is 35.5. The molecular formula is C22H21ClN4O2. The van der Waals surface area contributed by atoms with Crippen molar-refractivity contribution in [3.8, 4) is 11.3 Å². The lowest BCUT2D eigenvalue weighted by Crippen LogP contribution is -2.39. The van der Waals surface area contributed by atoms with Gasteiger partial charge in [0, 0.05) is 48.8 Å². The number of carbonyl (C=O) groups is 1. The first-order valence-corrected chi connectivity index (χ1v) is 9.86. The van der Waals surface area contributed by atoms with E-state index in [9.17, 15) is 4.79 Å². The molecule has 0 spiro atoms. The van der Waals surface area contributed by atoms with E-state index in [-0.39, 0.29) is 12.0 Å². The quantitative estimate of drug-likeness (QED) is 0.674. The highest BCUT2D eigenvalue weighted by molar-refractivity contribution is 6.33. The molecule has 4 rings (SSSR count). The summed E-state index contributed by atoms with van der Waals surface area (Å²) in [4.78, 5) is 21.4. The lowest BCUT2D eigenvalue weighted by molar-refractivity contribution is 0.0286. The molecule has 1 fully saturated rings. The number of amides is 1. The predicted octanol–water partition coefficient (Wildman–Crippen LogP) is 3.58. The number of halogens is 1. The van der Waals surface area contributed by atoms with Gasteiger partial charge in [-0.25, -0.2) is 0 Å². The van der Waals surface area contributed by atoms with E-state index >= 15 is 0 Å². The normalized spacial score (nSPS) is 16.4. The van der Waals surface area contributed by atoms with Crippen molar-refractivity contribution in [1.29, 1.82) is 0 Å². The SMILES string of the molecule is O=C(Nc1ccc(Cl)c(-c2ccccn2)c1)c1ccc(CC2CNCCO2)nc1. The Kier molecular flexibility index (Phi) is 6.14. The standard InChI is InChI=1S/C22H21ClN4O2/c23-20-7-6-17(12-19(20)21-3-1-2-8-25-21)27-22(28)15-4-5-16(26-13-15)11-18-14-24-9-10-29-18/h1-8,12-13,18,24H,9-11,14H2,(H,27,28). The first kappa shape index (κ1) is 19.5. The van der Waals surface area contributed by atoms with Gasteiger partial charge in [0.25, 0.3) is 5.91 Å². The minimum absolute atomic E-state index is 0.120. The van der Waals surface area contributed by atoms with Gasteiger partial charge in [0.2, 0.25) is 0 Å². The predicted molar refractivity (Wildman–Crippen MR) is 113 cm³/mol. The zero-order valence-corrected chi connectivity index (χ0v) is 16.5. The molecule has 3 aromatic rings. The lowest BCUT2D eigenvalue weighted by Gasteiger charge is -2.23. The third kappa shape index (κ3) is 4.98. The lowest BCUT2D eigenvalue weighted by atomic mass is 10.1. The average molecular weight is 409 g/mol. The van der Waals surface area contributed by atoms with Gasteiger partial charge in [-0.2, -0.15) is 0 Å². The van der Waals surface area contributed by atoms with E-state index in [0.29, 0.717) is 22.9 Å². The molecule has 29 heavy (non-hydrogen) atoms. The first-order valence-electron chi connectivity index (χ1n) is 9.48. The maximum absolute atomic E-state index is 12.6. The Morgan fingerprint density at radius 2 is 2.14 bits per heavy atom. The molecule has 0 radical (unpaired) electrons. The van der Waals surface area contributed by atoms with Crippen LogP contribution < -0.4 is 10.6 Å². The van der Waals surface area contributed by atoms with Gasteiger partial charge in [0.05, 0.1) is 29.0 Å². The van der Waals surface area contributed by atoms with Gasteiger partial charge in [-0.15, -0.1) is 0 Å². The summed E-state index contributed by atoms with van der Waals surface area (Å²) in [5.74, 6) is -0.228. The van der Waals surface area contributed by atoms with Gasteiger partial charge in [-0.1, -0.05) is 17.7 Å². The number of carbonyl (C=O) groups excluding carboxylic acids is 1. The molecule has 2 N–H and O–H groups in total. The van der Waals surface area contributed by atoms with Crippen LogP contribution in [0.15, 0.2) is 60.9 Å². The summed E-state index contributed by atoms with van der Waals surface area (Å²) in [5, 5.41) is 6.77. The fourth-order valence-electron chi connectivity index (χ4n) is 3.19. The van der Waals surface area contributed by atoms with Crippen LogP contribution in [-0.2, 0) is 11.2 Å². The second-order valence-electron chi connectivity index (χ2n) is 6.80. The number of anilines is 1. The molecule has 1 saturated heterocycles. The van der Waals surface area contributed by atoms with Crippen LogP contribution in [0.2, 0.25) is 5.02 Å². The number of nitrogens with zero attached hydrogens (tertiary/aromatic N) is 2. The Morgan fingerprint density at radius 3 is 2.86 bits per heavy atom. The third-order valence-corrected chi connectivity index (χ3v) is 5.02. The summed E-state index contributed by atoms with van der Waals surface area (Å²) >= 11 is 6.30. The number of benzene rings is 1. The van der Waals surface area contributed by atoms with E-state index in [4.69, 9.17) is 16.3 Å². The average Bonchev–Trinajstić information content (AvgIpc) is 2.77. The van der Waals surface area contributed by atoms with Gasteiger partial charge in [-0.05, 0) is 42.5 Å². The number of morpholine rings is 1. The van der Waals surface area contributed by atoms with Crippen LogP contribution in [0.4, 0.5) is 5.69 Å². The molecule has 2 aromatic heterocycles. The second kappa shape index (κ2) is 9.13. The highest BCUT2D eigenvalue weighted by Gasteiger charge is 2.15. The molecule has 0 bridgehead atoms. The minimum atomic E-state index is -0.228. The van der Waals surface area contributed by atoms with E-state index in [1.165, 1.54) is 0 Å². The molecule has 0 saturated carbocycles. The minimum Gasteiger partial charge on any atom is -0.375 e. The summed E-state index contributed by atoms with van der Waals surface area (Å²) in [5.41, 5.74) is 3.55. The molecule has 1 amide bonds. The van der Waals surface area contributed by atoms with Crippen molar-refractivity contribution in [2.24, 2.45) is 0 Å². The molecule has 0 aliphatic carbocycles.